The third kappa shape index (κ3) is 8.20. The van der Waals surface area contributed by atoms with Crippen molar-refractivity contribution in [2.24, 2.45) is 0 Å². The van der Waals surface area contributed by atoms with Crippen LogP contribution in [0.1, 0.15) is 109 Å². The second-order valence-electron chi connectivity index (χ2n) is 15.6. The van der Waals surface area contributed by atoms with Crippen LogP contribution in [0.25, 0.3) is 28.0 Å². The monoisotopic (exact) mass is 731 g/mol. The molecule has 2 aliphatic rings. The number of aromatic nitrogens is 3. The summed E-state index contributed by atoms with van der Waals surface area (Å²) >= 11 is 7.12. The molecule has 4 aromatic rings. The molecule has 2 fully saturated rings. The van der Waals surface area contributed by atoms with Crippen molar-refractivity contribution in [2.75, 3.05) is 26.3 Å². The van der Waals surface area contributed by atoms with Gasteiger partial charge in [-0.1, -0.05) is 81.8 Å². The summed E-state index contributed by atoms with van der Waals surface area (Å²) in [4.78, 5) is 39.8. The number of para-hydroxylation sites is 1. The van der Waals surface area contributed by atoms with E-state index in [9.17, 15) is 14.7 Å². The molecular formula is C41H54ClN5O5. The van der Waals surface area contributed by atoms with Gasteiger partial charge in [0.25, 0.3) is 0 Å². The maximum atomic E-state index is 14.5. The van der Waals surface area contributed by atoms with E-state index in [1.165, 1.54) is 17.4 Å². The fourth-order valence-electron chi connectivity index (χ4n) is 6.94. The van der Waals surface area contributed by atoms with Gasteiger partial charge in [0.05, 0.1) is 34.2 Å². The molecule has 2 aliphatic heterocycles. The minimum absolute atomic E-state index is 0.0203. The van der Waals surface area contributed by atoms with Gasteiger partial charge in [-0.05, 0) is 76.5 Å². The average molecular weight is 732 g/mol. The molecule has 6 rings (SSSR count). The van der Waals surface area contributed by atoms with Crippen LogP contribution in [-0.2, 0) is 21.6 Å². The van der Waals surface area contributed by atoms with Crippen molar-refractivity contribution in [1.29, 1.82) is 0 Å². The zero-order chi connectivity index (χ0) is 38.0. The lowest BCUT2D eigenvalue weighted by atomic mass is 9.89. The molecule has 2 atom stereocenters. The number of halogens is 1. The summed E-state index contributed by atoms with van der Waals surface area (Å²) < 4.78 is 12.3. The summed E-state index contributed by atoms with van der Waals surface area (Å²) in [7, 11) is 0. The maximum absolute atomic E-state index is 14.5. The number of fused-ring (bicyclic) bond motifs is 1. The zero-order valence-electron chi connectivity index (χ0n) is 32.0. The molecule has 10 nitrogen and oxygen atoms in total. The quantitative estimate of drug-likeness (QED) is 0.204. The van der Waals surface area contributed by atoms with E-state index in [1.807, 2.05) is 84.9 Å². The van der Waals surface area contributed by atoms with E-state index in [2.05, 4.69) is 25.2 Å². The van der Waals surface area contributed by atoms with Crippen LogP contribution in [0.5, 0.6) is 0 Å². The number of hydrogen-bond donors (Lipinski definition) is 2. The summed E-state index contributed by atoms with van der Waals surface area (Å²) in [5.41, 5.74) is 2.76. The molecule has 280 valence electrons. The van der Waals surface area contributed by atoms with Crippen LogP contribution < -0.4 is 11.0 Å². The Hall–Kier alpha value is -3.83. The van der Waals surface area contributed by atoms with Crippen molar-refractivity contribution in [2.45, 2.75) is 111 Å². The van der Waals surface area contributed by atoms with Crippen molar-refractivity contribution in [3.8, 4) is 16.9 Å². The molecule has 0 spiro atoms. The molecule has 0 radical (unpaired) electrons. The van der Waals surface area contributed by atoms with Crippen molar-refractivity contribution in [3.63, 3.8) is 0 Å². The highest BCUT2D eigenvalue weighted by Gasteiger charge is 2.46. The van der Waals surface area contributed by atoms with Crippen molar-refractivity contribution in [3.05, 3.63) is 86.4 Å². The SMILES string of the molecule is C1CCOC1.CC1CN(C(=O)OC(C)(C)C)C(C)(c2nc(=O)n(-c3c(CO)cccc3C(C)C)c3nc(-c4ccccc4C(C)C)c(Cl)cc23)CN1. The number of carbonyl (C=O) groups excluding carboxylic acids is 1. The molecule has 2 saturated heterocycles. The number of piperazine rings is 1. The van der Waals surface area contributed by atoms with Crippen molar-refractivity contribution >= 4 is 28.7 Å². The van der Waals surface area contributed by atoms with Crippen LogP contribution in [0.15, 0.2) is 53.3 Å². The topological polar surface area (TPSA) is 119 Å². The van der Waals surface area contributed by atoms with E-state index in [1.54, 1.807) is 11.0 Å². The van der Waals surface area contributed by atoms with Gasteiger partial charge >= 0.3 is 11.8 Å². The third-order valence-corrected chi connectivity index (χ3v) is 9.91. The number of nitrogens with zero attached hydrogens (tertiary/aromatic N) is 4. The summed E-state index contributed by atoms with van der Waals surface area (Å²) in [6.07, 6.45) is 2.06. The van der Waals surface area contributed by atoms with Gasteiger partial charge in [-0.3, -0.25) is 4.90 Å². The molecule has 2 aromatic heterocycles. The fraction of sp³-hybridized carbons (Fsp3) is 0.512. The van der Waals surface area contributed by atoms with Gasteiger partial charge in [0.1, 0.15) is 5.60 Å². The van der Waals surface area contributed by atoms with E-state index in [0.717, 1.165) is 29.9 Å². The summed E-state index contributed by atoms with van der Waals surface area (Å²) in [5, 5.41) is 14.9. The molecule has 52 heavy (non-hydrogen) atoms. The van der Waals surface area contributed by atoms with E-state index in [4.69, 9.17) is 31.0 Å². The Morgan fingerprint density at radius 3 is 2.31 bits per heavy atom. The summed E-state index contributed by atoms with van der Waals surface area (Å²) in [5.74, 6) is 0.213. The van der Waals surface area contributed by atoms with E-state index in [-0.39, 0.29) is 24.5 Å². The summed E-state index contributed by atoms with van der Waals surface area (Å²) in [6.45, 7) is 20.0. The normalized spacial score (nSPS) is 19.2. The van der Waals surface area contributed by atoms with E-state index in [0.29, 0.717) is 51.8 Å². The number of amides is 1. The number of nitrogens with one attached hydrogen (secondary N) is 1. The number of carbonyl (C=O) groups is 1. The van der Waals surface area contributed by atoms with Gasteiger partial charge < -0.3 is 19.9 Å². The molecule has 4 heterocycles. The first-order valence-corrected chi connectivity index (χ1v) is 18.7. The molecule has 11 heteroatoms. The molecule has 2 unspecified atom stereocenters. The Morgan fingerprint density at radius 1 is 1.06 bits per heavy atom. The first-order chi connectivity index (χ1) is 24.6. The van der Waals surface area contributed by atoms with Gasteiger partial charge in [-0.2, -0.15) is 4.98 Å². The lowest BCUT2D eigenvalue weighted by Gasteiger charge is -2.47. The van der Waals surface area contributed by atoms with Gasteiger partial charge in [-0.15, -0.1) is 0 Å². The molecule has 2 aromatic carbocycles. The zero-order valence-corrected chi connectivity index (χ0v) is 32.8. The number of aliphatic hydroxyl groups excluding tert-OH is 1. The van der Waals surface area contributed by atoms with Crippen LogP contribution in [0.3, 0.4) is 0 Å². The minimum atomic E-state index is -1.09. The van der Waals surface area contributed by atoms with Gasteiger partial charge in [0, 0.05) is 48.9 Å². The Labute approximate surface area is 312 Å². The average Bonchev–Trinajstić information content (AvgIpc) is 3.68. The number of aliphatic hydroxyl groups is 1. The molecule has 2 N–H and O–H groups in total. The maximum Gasteiger partial charge on any atom is 0.411 e. The molecule has 0 bridgehead atoms. The van der Waals surface area contributed by atoms with E-state index < -0.39 is 22.9 Å². The van der Waals surface area contributed by atoms with Crippen LogP contribution in [0.4, 0.5) is 4.79 Å². The third-order valence-electron chi connectivity index (χ3n) is 9.62. The second-order valence-corrected chi connectivity index (χ2v) is 16.1. The minimum Gasteiger partial charge on any atom is -0.444 e. The first kappa shape index (κ1) is 39.4. The number of benzene rings is 2. The second kappa shape index (κ2) is 16.0. The molecular weight excluding hydrogens is 678 g/mol. The fourth-order valence-corrected chi connectivity index (χ4v) is 7.19. The number of pyridine rings is 1. The number of ether oxygens (including phenoxy) is 2. The van der Waals surface area contributed by atoms with Gasteiger partial charge in [0.15, 0.2) is 5.65 Å². The number of rotatable bonds is 6. The predicted molar refractivity (Wildman–Crippen MR) is 207 cm³/mol. The summed E-state index contributed by atoms with van der Waals surface area (Å²) in [6, 6.07) is 15.4. The highest BCUT2D eigenvalue weighted by molar-refractivity contribution is 6.33. The van der Waals surface area contributed by atoms with Crippen molar-refractivity contribution < 1.29 is 19.4 Å². The van der Waals surface area contributed by atoms with Crippen molar-refractivity contribution in [1.82, 2.24) is 24.8 Å². The predicted octanol–water partition coefficient (Wildman–Crippen LogP) is 8.08. The first-order valence-electron chi connectivity index (χ1n) is 18.3. The van der Waals surface area contributed by atoms with Gasteiger partial charge in [-0.25, -0.2) is 19.1 Å². The largest absolute Gasteiger partial charge is 0.444 e. The van der Waals surface area contributed by atoms with Crippen LogP contribution in [0, 0.1) is 0 Å². The molecule has 0 aliphatic carbocycles. The number of hydrogen-bond acceptors (Lipinski definition) is 8. The standard InChI is InChI=1S/C37H46ClN5O4.C4H8O/c1-21(2)25-14-10-11-15-27(25)30-29(38)17-28-32(37(9)20-39-23(5)18-42(37)35(46)47-36(6,7)8)41-34(45)43(33(28)40-30)31-24(19-44)13-12-16-26(31)22(3)4;1-2-4-5-3-1/h10-17,21-23,39,44H,18-20H2,1-9H3;1-4H2. The smallest absolute Gasteiger partial charge is 0.411 e. The Morgan fingerprint density at radius 2 is 1.71 bits per heavy atom. The van der Waals surface area contributed by atoms with Crippen LogP contribution in [-0.4, -0.2) is 68.6 Å². The van der Waals surface area contributed by atoms with E-state index >= 15 is 0 Å². The lowest BCUT2D eigenvalue weighted by Crippen LogP contribution is -2.63. The van der Waals surface area contributed by atoms with Crippen LogP contribution in [0.2, 0.25) is 5.02 Å². The Kier molecular flexibility index (Phi) is 12.1. The highest BCUT2D eigenvalue weighted by atomic mass is 35.5. The molecule has 0 saturated carbocycles. The van der Waals surface area contributed by atoms with Crippen LogP contribution >= 0.6 is 11.6 Å². The molecule has 1 amide bonds. The van der Waals surface area contributed by atoms with Gasteiger partial charge in [0.2, 0.25) is 0 Å². The Bertz CT molecular complexity index is 1960. The highest BCUT2D eigenvalue weighted by Crippen LogP contribution is 2.40. The lowest BCUT2D eigenvalue weighted by molar-refractivity contribution is -0.0148. The Balaban J connectivity index is 0.000000962.